The van der Waals surface area contributed by atoms with Crippen LogP contribution in [0.2, 0.25) is 16.6 Å². The number of benzene rings is 1. The van der Waals surface area contributed by atoms with E-state index in [1.165, 1.54) is 19.2 Å². The smallest absolute Gasteiger partial charge is 0.326 e. The molecule has 33 heavy (non-hydrogen) atoms. The highest BCUT2D eigenvalue weighted by atomic mass is 28.4. The number of nitro benzene ring substituents is 1. The second kappa shape index (κ2) is 10.1. The third-order valence-electron chi connectivity index (χ3n) is 6.53. The van der Waals surface area contributed by atoms with E-state index in [4.69, 9.17) is 9.16 Å². The Morgan fingerprint density at radius 1 is 1.12 bits per heavy atom. The number of rotatable bonds is 9. The molecule has 0 aromatic heterocycles. The van der Waals surface area contributed by atoms with Crippen LogP contribution >= 0.6 is 0 Å². The Bertz CT molecular complexity index is 896. The van der Waals surface area contributed by atoms with Gasteiger partial charge in [-0.2, -0.15) is 0 Å². The van der Waals surface area contributed by atoms with Crippen LogP contribution in [0, 0.1) is 10.1 Å². The Hall–Kier alpha value is -2.66. The van der Waals surface area contributed by atoms with E-state index in [1.54, 1.807) is 0 Å². The van der Waals surface area contributed by atoms with Gasteiger partial charge in [-0.3, -0.25) is 14.9 Å². The van der Waals surface area contributed by atoms with Gasteiger partial charge < -0.3 is 24.3 Å². The molecule has 184 valence electrons. The van der Waals surface area contributed by atoms with E-state index in [2.05, 4.69) is 41.5 Å². The SMILES string of the molecule is COc1cc(C(=O)N2C[C@H](O)C[C@H]2C(=O)O)c([N+](=O)[O-])cc1O[Si](C(C)C)(C(C)C)C(C)C. The fourth-order valence-electron chi connectivity index (χ4n) is 5.08. The van der Waals surface area contributed by atoms with Gasteiger partial charge in [0, 0.05) is 19.0 Å². The number of carboxylic acids is 1. The largest absolute Gasteiger partial charge is 0.540 e. The number of carbonyl (C=O) groups excluding carboxylic acids is 1. The minimum absolute atomic E-state index is 0.140. The van der Waals surface area contributed by atoms with Crippen LogP contribution in [0.1, 0.15) is 58.3 Å². The van der Waals surface area contributed by atoms with E-state index in [0.29, 0.717) is 0 Å². The summed E-state index contributed by atoms with van der Waals surface area (Å²) in [5.41, 5.74) is -0.212. The number of aliphatic carboxylic acids is 1. The summed E-state index contributed by atoms with van der Waals surface area (Å²) in [5.74, 6) is -1.78. The van der Waals surface area contributed by atoms with Crippen molar-refractivity contribution in [2.75, 3.05) is 13.7 Å². The molecule has 0 unspecified atom stereocenters. The lowest BCUT2D eigenvalue weighted by Crippen LogP contribution is -2.50. The molecule has 2 N–H and O–H groups in total. The quantitative estimate of drug-likeness (QED) is 0.308. The average molecular weight is 483 g/mol. The van der Waals surface area contributed by atoms with E-state index in [-0.39, 0.29) is 46.7 Å². The molecule has 1 aromatic rings. The van der Waals surface area contributed by atoms with Crippen molar-refractivity contribution < 1.29 is 33.9 Å². The standard InChI is InChI=1S/C22H34N2O8Si/c1-12(2)33(13(3)4,14(5)6)32-20-10-17(24(29)30)16(9-19(20)31-7)21(26)23-11-15(25)8-18(23)22(27)28/h9-10,12-15,18,25H,8,11H2,1-7H3,(H,27,28)/t15-,18+/m1/s1. The minimum Gasteiger partial charge on any atom is -0.540 e. The molecule has 0 bridgehead atoms. The van der Waals surface area contributed by atoms with Crippen molar-refractivity contribution in [1.82, 2.24) is 4.90 Å². The van der Waals surface area contributed by atoms with Crippen molar-refractivity contribution in [3.8, 4) is 11.5 Å². The van der Waals surface area contributed by atoms with Crippen LogP contribution in [0.4, 0.5) is 5.69 Å². The van der Waals surface area contributed by atoms with Crippen LogP contribution in [-0.4, -0.2) is 66.0 Å². The first-order chi connectivity index (χ1) is 15.3. The molecule has 11 heteroatoms. The number of nitro groups is 1. The van der Waals surface area contributed by atoms with Gasteiger partial charge in [-0.05, 0) is 16.6 Å². The molecule has 1 amide bonds. The van der Waals surface area contributed by atoms with Crippen LogP contribution < -0.4 is 9.16 Å². The molecule has 0 saturated carbocycles. The van der Waals surface area contributed by atoms with Gasteiger partial charge in [-0.15, -0.1) is 0 Å². The minimum atomic E-state index is -2.49. The van der Waals surface area contributed by atoms with Crippen molar-refractivity contribution in [1.29, 1.82) is 0 Å². The maximum Gasteiger partial charge on any atom is 0.326 e. The van der Waals surface area contributed by atoms with Gasteiger partial charge in [0.1, 0.15) is 11.6 Å². The molecule has 10 nitrogen and oxygen atoms in total. The van der Waals surface area contributed by atoms with E-state index >= 15 is 0 Å². The monoisotopic (exact) mass is 482 g/mol. The second-order valence-electron chi connectivity index (χ2n) is 9.40. The summed E-state index contributed by atoms with van der Waals surface area (Å²) in [7, 11) is -1.11. The first-order valence-corrected chi connectivity index (χ1v) is 13.2. The van der Waals surface area contributed by atoms with Crippen LogP contribution in [0.15, 0.2) is 12.1 Å². The molecular formula is C22H34N2O8Si. The summed E-state index contributed by atoms with van der Waals surface area (Å²) in [6.07, 6.45) is -1.16. The molecule has 0 radical (unpaired) electrons. The van der Waals surface area contributed by atoms with Gasteiger partial charge in [0.05, 0.1) is 24.2 Å². The molecule has 1 saturated heterocycles. The highest BCUT2D eigenvalue weighted by Crippen LogP contribution is 2.46. The molecular weight excluding hydrogens is 448 g/mol. The number of hydrogen-bond donors (Lipinski definition) is 2. The molecule has 0 aliphatic carbocycles. The number of aliphatic hydroxyl groups is 1. The third-order valence-corrected chi connectivity index (χ3v) is 12.5. The fourth-order valence-corrected chi connectivity index (χ4v) is 10.3. The molecule has 1 heterocycles. The van der Waals surface area contributed by atoms with E-state index in [0.717, 1.165) is 4.90 Å². The van der Waals surface area contributed by atoms with Crippen LogP contribution in [0.25, 0.3) is 0 Å². The zero-order chi connectivity index (χ0) is 25.2. The van der Waals surface area contributed by atoms with Gasteiger partial charge in [0.2, 0.25) is 0 Å². The number of carbonyl (C=O) groups is 2. The van der Waals surface area contributed by atoms with Crippen LogP contribution in [-0.2, 0) is 4.79 Å². The summed E-state index contributed by atoms with van der Waals surface area (Å²) < 4.78 is 12.0. The zero-order valence-corrected chi connectivity index (χ0v) is 21.2. The summed E-state index contributed by atoms with van der Waals surface area (Å²) in [6.45, 7) is 12.2. The van der Waals surface area contributed by atoms with Crippen LogP contribution in [0.3, 0.4) is 0 Å². The van der Waals surface area contributed by atoms with Crippen molar-refractivity contribution in [2.24, 2.45) is 0 Å². The number of aliphatic hydroxyl groups excluding tert-OH is 1. The Morgan fingerprint density at radius 2 is 1.67 bits per heavy atom. The zero-order valence-electron chi connectivity index (χ0n) is 20.2. The fraction of sp³-hybridized carbons (Fsp3) is 0.636. The molecule has 1 aliphatic heterocycles. The second-order valence-corrected chi connectivity index (χ2v) is 14.8. The molecule has 1 aliphatic rings. The molecule has 2 rings (SSSR count). The van der Waals surface area contributed by atoms with E-state index < -0.39 is 43.0 Å². The number of amides is 1. The Morgan fingerprint density at radius 3 is 2.09 bits per heavy atom. The van der Waals surface area contributed by atoms with Gasteiger partial charge in [0.25, 0.3) is 19.9 Å². The number of hydrogen-bond acceptors (Lipinski definition) is 7. The lowest BCUT2D eigenvalue weighted by Gasteiger charge is -2.42. The van der Waals surface area contributed by atoms with Crippen molar-refractivity contribution in [3.05, 3.63) is 27.8 Å². The number of β-amino-alcohol motifs (C(OH)–C–C–N with tert-alkyl or cyclic N) is 1. The first-order valence-electron chi connectivity index (χ1n) is 11.0. The maximum absolute atomic E-state index is 13.2. The van der Waals surface area contributed by atoms with Crippen molar-refractivity contribution >= 4 is 25.9 Å². The summed E-state index contributed by atoms with van der Waals surface area (Å²) in [6, 6.07) is 1.17. The van der Waals surface area contributed by atoms with Gasteiger partial charge in [-0.1, -0.05) is 41.5 Å². The number of methoxy groups -OCH3 is 1. The summed E-state index contributed by atoms with van der Waals surface area (Å²) in [4.78, 5) is 36.9. The number of likely N-dealkylation sites (tertiary alicyclic amines) is 1. The van der Waals surface area contributed by atoms with Crippen molar-refractivity contribution in [3.63, 3.8) is 0 Å². The van der Waals surface area contributed by atoms with Gasteiger partial charge in [0.15, 0.2) is 11.5 Å². The lowest BCUT2D eigenvalue weighted by molar-refractivity contribution is -0.385. The predicted molar refractivity (Wildman–Crippen MR) is 124 cm³/mol. The summed E-state index contributed by atoms with van der Waals surface area (Å²) >= 11 is 0. The van der Waals surface area contributed by atoms with Crippen LogP contribution in [0.5, 0.6) is 11.5 Å². The molecule has 2 atom stereocenters. The number of ether oxygens (including phenoxy) is 1. The lowest BCUT2D eigenvalue weighted by atomic mass is 10.1. The Kier molecular flexibility index (Phi) is 8.12. The van der Waals surface area contributed by atoms with Gasteiger partial charge >= 0.3 is 5.97 Å². The molecule has 1 fully saturated rings. The van der Waals surface area contributed by atoms with E-state index in [1.807, 2.05) is 0 Å². The van der Waals surface area contributed by atoms with Gasteiger partial charge in [-0.25, -0.2) is 4.79 Å². The topological polar surface area (TPSA) is 139 Å². The third kappa shape index (κ3) is 4.98. The molecule has 1 aromatic carbocycles. The molecule has 0 spiro atoms. The average Bonchev–Trinajstić information content (AvgIpc) is 3.12. The Balaban J connectivity index is 2.63. The predicted octanol–water partition coefficient (Wildman–Crippen LogP) is 3.82. The van der Waals surface area contributed by atoms with E-state index in [9.17, 15) is 29.9 Å². The highest BCUT2D eigenvalue weighted by molar-refractivity contribution is 6.78. The highest BCUT2D eigenvalue weighted by Gasteiger charge is 2.48. The Labute approximate surface area is 194 Å². The maximum atomic E-state index is 13.2. The normalized spacial score (nSPS) is 18.8. The summed E-state index contributed by atoms with van der Waals surface area (Å²) in [5, 5.41) is 31.2. The first kappa shape index (κ1) is 26.6. The number of nitrogens with zero attached hydrogens (tertiary/aromatic N) is 2. The number of carboxylic acid groups (broad SMARTS) is 1. The van der Waals surface area contributed by atoms with Crippen molar-refractivity contribution in [2.45, 2.75) is 76.7 Å².